The van der Waals surface area contributed by atoms with Gasteiger partial charge in [0.25, 0.3) is 0 Å². The highest BCUT2D eigenvalue weighted by Crippen LogP contribution is 2.33. The van der Waals surface area contributed by atoms with Gasteiger partial charge < -0.3 is 4.74 Å². The Morgan fingerprint density at radius 3 is 2.00 bits per heavy atom. The van der Waals surface area contributed by atoms with Gasteiger partial charge in [-0.15, -0.1) is 0 Å². The average Bonchev–Trinajstić information content (AvgIpc) is 2.42. The van der Waals surface area contributed by atoms with E-state index in [9.17, 15) is 4.79 Å². The van der Waals surface area contributed by atoms with Crippen LogP contribution in [0.25, 0.3) is 0 Å². The van der Waals surface area contributed by atoms with Gasteiger partial charge in [0.05, 0.1) is 18.5 Å². The number of aryl methyl sites for hydroxylation is 3. The molecule has 0 radical (unpaired) electrons. The molecule has 2 aromatic rings. The zero-order valence-electron chi connectivity index (χ0n) is 13.2. The number of amides is 1. The molecule has 0 unspecified atom stereocenters. The van der Waals surface area contributed by atoms with E-state index >= 15 is 0 Å². The first-order valence-corrected chi connectivity index (χ1v) is 6.96. The van der Waals surface area contributed by atoms with Crippen LogP contribution in [0.2, 0.25) is 0 Å². The molecule has 21 heavy (non-hydrogen) atoms. The van der Waals surface area contributed by atoms with Crippen LogP contribution in [0.15, 0.2) is 36.4 Å². The number of rotatable bonds is 3. The van der Waals surface area contributed by atoms with E-state index in [0.717, 1.165) is 28.3 Å². The van der Waals surface area contributed by atoms with Crippen LogP contribution in [0.4, 0.5) is 11.4 Å². The molecule has 0 N–H and O–H groups in total. The molecular weight excluding hydrogens is 262 g/mol. The third kappa shape index (κ3) is 3.07. The highest BCUT2D eigenvalue weighted by atomic mass is 16.5. The van der Waals surface area contributed by atoms with E-state index in [-0.39, 0.29) is 5.91 Å². The molecule has 0 bridgehead atoms. The monoisotopic (exact) mass is 283 g/mol. The van der Waals surface area contributed by atoms with Gasteiger partial charge in [-0.3, -0.25) is 9.69 Å². The second-order valence-corrected chi connectivity index (χ2v) is 5.30. The second-order valence-electron chi connectivity index (χ2n) is 5.30. The lowest BCUT2D eigenvalue weighted by molar-refractivity contribution is -0.115. The number of carbonyl (C=O) groups excluding carboxylic acids is 1. The van der Waals surface area contributed by atoms with Crippen LogP contribution in [0.5, 0.6) is 5.75 Å². The van der Waals surface area contributed by atoms with Gasteiger partial charge in [0.15, 0.2) is 0 Å². The lowest BCUT2D eigenvalue weighted by atomic mass is 10.1. The molecule has 0 aliphatic heterocycles. The Morgan fingerprint density at radius 2 is 1.52 bits per heavy atom. The zero-order chi connectivity index (χ0) is 15.6. The topological polar surface area (TPSA) is 29.5 Å². The highest BCUT2D eigenvalue weighted by Gasteiger charge is 2.18. The summed E-state index contributed by atoms with van der Waals surface area (Å²) in [6.07, 6.45) is 0. The van der Waals surface area contributed by atoms with Gasteiger partial charge in [-0.05, 0) is 56.2 Å². The van der Waals surface area contributed by atoms with Crippen molar-refractivity contribution in [2.75, 3.05) is 12.0 Å². The summed E-state index contributed by atoms with van der Waals surface area (Å²) in [5.41, 5.74) is 5.08. The molecule has 0 saturated heterocycles. The Kier molecular flexibility index (Phi) is 4.32. The standard InChI is InChI=1S/C18H21NO2/c1-12-6-8-17(13(2)10-12)19(15(4)20)18-9-7-16(21-5)11-14(18)3/h6-11H,1-5H3. The highest BCUT2D eigenvalue weighted by molar-refractivity contribution is 6.00. The first-order valence-electron chi connectivity index (χ1n) is 6.96. The smallest absolute Gasteiger partial charge is 0.228 e. The normalized spacial score (nSPS) is 10.3. The van der Waals surface area contributed by atoms with E-state index in [2.05, 4.69) is 6.07 Å². The Morgan fingerprint density at radius 1 is 0.952 bits per heavy atom. The van der Waals surface area contributed by atoms with Gasteiger partial charge >= 0.3 is 0 Å². The summed E-state index contributed by atoms with van der Waals surface area (Å²) < 4.78 is 5.23. The van der Waals surface area contributed by atoms with Crippen LogP contribution in [0.3, 0.4) is 0 Å². The van der Waals surface area contributed by atoms with Gasteiger partial charge in [0, 0.05) is 6.92 Å². The summed E-state index contributed by atoms with van der Waals surface area (Å²) >= 11 is 0. The van der Waals surface area contributed by atoms with E-state index in [0.29, 0.717) is 0 Å². The van der Waals surface area contributed by atoms with Gasteiger partial charge in [-0.1, -0.05) is 17.7 Å². The van der Waals surface area contributed by atoms with Crippen molar-refractivity contribution in [3.05, 3.63) is 53.1 Å². The van der Waals surface area contributed by atoms with Gasteiger partial charge in [0.1, 0.15) is 5.75 Å². The number of hydrogen-bond donors (Lipinski definition) is 0. The summed E-state index contributed by atoms with van der Waals surface area (Å²) in [7, 11) is 1.64. The average molecular weight is 283 g/mol. The maximum Gasteiger partial charge on any atom is 0.228 e. The van der Waals surface area contributed by atoms with E-state index in [1.165, 1.54) is 5.56 Å². The van der Waals surface area contributed by atoms with Crippen molar-refractivity contribution < 1.29 is 9.53 Å². The number of hydrogen-bond acceptors (Lipinski definition) is 2. The quantitative estimate of drug-likeness (QED) is 0.840. The van der Waals surface area contributed by atoms with Crippen molar-refractivity contribution in [1.82, 2.24) is 0 Å². The zero-order valence-corrected chi connectivity index (χ0v) is 13.2. The minimum atomic E-state index is -0.00443. The van der Waals surface area contributed by atoms with Crippen LogP contribution < -0.4 is 9.64 Å². The lowest BCUT2D eigenvalue weighted by Gasteiger charge is -2.25. The molecule has 2 aromatic carbocycles. The van der Waals surface area contributed by atoms with Crippen LogP contribution in [-0.2, 0) is 4.79 Å². The van der Waals surface area contributed by atoms with Crippen molar-refractivity contribution >= 4 is 17.3 Å². The van der Waals surface area contributed by atoms with Crippen molar-refractivity contribution in [2.24, 2.45) is 0 Å². The molecule has 1 amide bonds. The Bertz CT molecular complexity index is 677. The van der Waals surface area contributed by atoms with Crippen molar-refractivity contribution in [2.45, 2.75) is 27.7 Å². The lowest BCUT2D eigenvalue weighted by Crippen LogP contribution is -2.24. The molecule has 0 aliphatic carbocycles. The summed E-state index contributed by atoms with van der Waals surface area (Å²) in [4.78, 5) is 13.9. The molecule has 3 heteroatoms. The van der Waals surface area contributed by atoms with Crippen LogP contribution >= 0.6 is 0 Å². The fourth-order valence-corrected chi connectivity index (χ4v) is 2.53. The van der Waals surface area contributed by atoms with Gasteiger partial charge in [-0.25, -0.2) is 0 Å². The summed E-state index contributed by atoms with van der Waals surface area (Å²) in [5, 5.41) is 0. The number of methoxy groups -OCH3 is 1. The molecule has 110 valence electrons. The van der Waals surface area contributed by atoms with E-state index in [1.807, 2.05) is 51.1 Å². The van der Waals surface area contributed by atoms with E-state index in [4.69, 9.17) is 4.74 Å². The number of carbonyl (C=O) groups is 1. The molecular formula is C18H21NO2. The number of nitrogens with zero attached hydrogens (tertiary/aromatic N) is 1. The third-order valence-corrected chi connectivity index (χ3v) is 3.55. The van der Waals surface area contributed by atoms with Crippen molar-refractivity contribution in [3.63, 3.8) is 0 Å². The fraction of sp³-hybridized carbons (Fsp3) is 0.278. The van der Waals surface area contributed by atoms with E-state index < -0.39 is 0 Å². The van der Waals surface area contributed by atoms with Crippen LogP contribution in [0.1, 0.15) is 23.6 Å². The predicted octanol–water partition coefficient (Wildman–Crippen LogP) is 4.31. The minimum Gasteiger partial charge on any atom is -0.497 e. The molecule has 0 saturated carbocycles. The SMILES string of the molecule is COc1ccc(N(C(C)=O)c2ccc(C)cc2C)c(C)c1. The molecule has 2 rings (SSSR count). The fourth-order valence-electron chi connectivity index (χ4n) is 2.53. The Balaban J connectivity index is 2.56. The molecule has 0 aromatic heterocycles. The first kappa shape index (κ1) is 15.1. The molecule has 0 atom stereocenters. The summed E-state index contributed by atoms with van der Waals surface area (Å²) in [6, 6.07) is 11.8. The Hall–Kier alpha value is -2.29. The minimum absolute atomic E-state index is 0.00443. The molecule has 3 nitrogen and oxygen atoms in total. The summed E-state index contributed by atoms with van der Waals surface area (Å²) in [6.45, 7) is 7.64. The third-order valence-electron chi connectivity index (χ3n) is 3.55. The van der Waals surface area contributed by atoms with Crippen molar-refractivity contribution in [1.29, 1.82) is 0 Å². The first-order chi connectivity index (χ1) is 9.93. The van der Waals surface area contributed by atoms with Crippen LogP contribution in [-0.4, -0.2) is 13.0 Å². The molecule has 0 spiro atoms. The maximum atomic E-state index is 12.2. The molecule has 0 aliphatic rings. The molecule has 0 fully saturated rings. The largest absolute Gasteiger partial charge is 0.497 e. The van der Waals surface area contributed by atoms with Gasteiger partial charge in [0.2, 0.25) is 5.91 Å². The van der Waals surface area contributed by atoms with Crippen LogP contribution in [0, 0.1) is 20.8 Å². The second kappa shape index (κ2) is 6.00. The van der Waals surface area contributed by atoms with Crippen molar-refractivity contribution in [3.8, 4) is 5.75 Å². The predicted molar refractivity (Wildman–Crippen MR) is 86.5 cm³/mol. The number of anilines is 2. The van der Waals surface area contributed by atoms with E-state index in [1.54, 1.807) is 18.9 Å². The number of benzene rings is 2. The molecule has 0 heterocycles. The number of ether oxygens (including phenoxy) is 1. The maximum absolute atomic E-state index is 12.2. The van der Waals surface area contributed by atoms with Gasteiger partial charge in [-0.2, -0.15) is 0 Å². The summed E-state index contributed by atoms with van der Waals surface area (Å²) in [5.74, 6) is 0.788. The Labute approximate surface area is 126 Å².